The first kappa shape index (κ1) is 18.2. The summed E-state index contributed by atoms with van der Waals surface area (Å²) in [4.78, 5) is 14.7. The summed E-state index contributed by atoms with van der Waals surface area (Å²) in [5.74, 6) is 1.64. The van der Waals surface area contributed by atoms with Gasteiger partial charge in [0, 0.05) is 32.7 Å². The van der Waals surface area contributed by atoms with Gasteiger partial charge in [0.15, 0.2) is 0 Å². The summed E-state index contributed by atoms with van der Waals surface area (Å²) in [6.07, 6.45) is 4.80. The van der Waals surface area contributed by atoms with Crippen LogP contribution in [0, 0.1) is 11.8 Å². The van der Waals surface area contributed by atoms with E-state index in [-0.39, 0.29) is 5.41 Å². The number of piperidine rings is 1. The number of nitrogens with zero attached hydrogens (tertiary/aromatic N) is 1. The van der Waals surface area contributed by atoms with E-state index in [1.807, 2.05) is 12.1 Å². The number of likely N-dealkylation sites (tertiary alicyclic amines) is 1. The summed E-state index contributed by atoms with van der Waals surface area (Å²) in [5.41, 5.74) is 1.19. The van der Waals surface area contributed by atoms with Crippen LogP contribution in [0.1, 0.15) is 51.5 Å². The zero-order valence-electron chi connectivity index (χ0n) is 15.5. The fraction of sp³-hybridized carbons (Fsp3) is 0.667. The molecule has 2 aliphatic heterocycles. The monoisotopic (exact) mass is 345 g/mol. The normalized spacial score (nSPS) is 28.1. The van der Waals surface area contributed by atoms with E-state index in [2.05, 4.69) is 24.8 Å². The number of phenolic OH excluding ortho intramolecular Hbond substituents is 1. The molecule has 0 aromatic heterocycles. The molecule has 1 N–H and O–H groups in total. The van der Waals surface area contributed by atoms with E-state index in [0.717, 1.165) is 52.0 Å². The van der Waals surface area contributed by atoms with Crippen LogP contribution in [0.4, 0.5) is 0 Å². The number of amides is 1. The maximum atomic E-state index is 12.6. The Morgan fingerprint density at radius 2 is 2.12 bits per heavy atom. The third-order valence-electron chi connectivity index (χ3n) is 6.45. The van der Waals surface area contributed by atoms with Gasteiger partial charge >= 0.3 is 0 Å². The SMILES string of the molecule is C[C@H]1CN(C(=O)CCC2CCOCC2)CC[C@]1(C)c1cccc(O)c1. The molecule has 0 aliphatic carbocycles. The van der Waals surface area contributed by atoms with Crippen molar-refractivity contribution >= 4 is 5.91 Å². The van der Waals surface area contributed by atoms with E-state index in [1.54, 1.807) is 6.07 Å². The number of hydrogen-bond acceptors (Lipinski definition) is 3. The predicted octanol–water partition coefficient (Wildman–Crippen LogP) is 3.73. The Labute approximate surface area is 151 Å². The first-order chi connectivity index (χ1) is 12.0. The van der Waals surface area contributed by atoms with Crippen LogP contribution in [0.2, 0.25) is 0 Å². The average molecular weight is 345 g/mol. The molecule has 4 heteroatoms. The number of carbonyl (C=O) groups excluding carboxylic acids is 1. The Kier molecular flexibility index (Phi) is 5.67. The summed E-state index contributed by atoms with van der Waals surface area (Å²) in [6, 6.07) is 7.60. The summed E-state index contributed by atoms with van der Waals surface area (Å²) in [6.45, 7) is 7.80. The standard InChI is InChI=1S/C21H31NO3/c1-16-15-22(20(24)7-6-17-8-12-25-13-9-17)11-10-21(16,2)18-4-3-5-19(23)14-18/h3-5,14,16-17,23H,6-13,15H2,1-2H3/t16-,21-/m0/s1. The van der Waals surface area contributed by atoms with Crippen molar-refractivity contribution in [1.82, 2.24) is 4.90 Å². The van der Waals surface area contributed by atoms with Gasteiger partial charge in [-0.05, 0) is 60.6 Å². The van der Waals surface area contributed by atoms with Crippen molar-refractivity contribution in [2.75, 3.05) is 26.3 Å². The zero-order valence-corrected chi connectivity index (χ0v) is 15.5. The Bertz CT molecular complexity index is 597. The van der Waals surface area contributed by atoms with Gasteiger partial charge < -0.3 is 14.7 Å². The molecule has 2 heterocycles. The molecular formula is C21H31NO3. The topological polar surface area (TPSA) is 49.8 Å². The summed E-state index contributed by atoms with van der Waals surface area (Å²) < 4.78 is 5.40. The van der Waals surface area contributed by atoms with Crippen molar-refractivity contribution in [3.63, 3.8) is 0 Å². The summed E-state index contributed by atoms with van der Waals surface area (Å²) >= 11 is 0. The van der Waals surface area contributed by atoms with Gasteiger partial charge in [0.25, 0.3) is 0 Å². The second-order valence-corrected chi connectivity index (χ2v) is 8.05. The molecule has 2 aliphatic rings. The van der Waals surface area contributed by atoms with Gasteiger partial charge in [-0.1, -0.05) is 26.0 Å². The predicted molar refractivity (Wildman–Crippen MR) is 98.6 cm³/mol. The lowest BCUT2D eigenvalue weighted by molar-refractivity contribution is -0.134. The van der Waals surface area contributed by atoms with Crippen LogP contribution < -0.4 is 0 Å². The van der Waals surface area contributed by atoms with E-state index >= 15 is 0 Å². The van der Waals surface area contributed by atoms with Crippen LogP contribution in [0.25, 0.3) is 0 Å². The molecule has 0 bridgehead atoms. The van der Waals surface area contributed by atoms with Crippen molar-refractivity contribution < 1.29 is 14.6 Å². The van der Waals surface area contributed by atoms with Gasteiger partial charge in [0.2, 0.25) is 5.91 Å². The molecule has 0 radical (unpaired) electrons. The number of ether oxygens (including phenoxy) is 1. The Balaban J connectivity index is 1.56. The molecule has 0 saturated carbocycles. The van der Waals surface area contributed by atoms with Gasteiger partial charge in [-0.2, -0.15) is 0 Å². The number of phenols is 1. The highest BCUT2D eigenvalue weighted by Gasteiger charge is 2.39. The van der Waals surface area contributed by atoms with Crippen LogP contribution in [0.5, 0.6) is 5.75 Å². The Morgan fingerprint density at radius 1 is 1.36 bits per heavy atom. The third-order valence-corrected chi connectivity index (χ3v) is 6.45. The summed E-state index contributed by atoms with van der Waals surface area (Å²) in [5, 5.41) is 9.80. The molecule has 2 saturated heterocycles. The van der Waals surface area contributed by atoms with Crippen LogP contribution in [0.15, 0.2) is 24.3 Å². The van der Waals surface area contributed by atoms with E-state index in [4.69, 9.17) is 4.74 Å². The smallest absolute Gasteiger partial charge is 0.222 e. The number of benzene rings is 1. The average Bonchev–Trinajstić information content (AvgIpc) is 2.63. The Hall–Kier alpha value is -1.55. The van der Waals surface area contributed by atoms with Gasteiger partial charge in [-0.25, -0.2) is 0 Å². The molecule has 25 heavy (non-hydrogen) atoms. The highest BCUT2D eigenvalue weighted by atomic mass is 16.5. The van der Waals surface area contributed by atoms with Crippen molar-refractivity contribution in [3.05, 3.63) is 29.8 Å². The lowest BCUT2D eigenvalue weighted by Gasteiger charge is -2.45. The summed E-state index contributed by atoms with van der Waals surface area (Å²) in [7, 11) is 0. The first-order valence-corrected chi connectivity index (χ1v) is 9.64. The molecule has 4 nitrogen and oxygen atoms in total. The van der Waals surface area contributed by atoms with Crippen molar-refractivity contribution in [2.45, 2.75) is 51.4 Å². The van der Waals surface area contributed by atoms with Crippen LogP contribution in [0.3, 0.4) is 0 Å². The molecule has 0 unspecified atom stereocenters. The molecule has 1 aromatic carbocycles. The molecule has 0 spiro atoms. The quantitative estimate of drug-likeness (QED) is 0.905. The minimum Gasteiger partial charge on any atom is -0.508 e. The molecule has 2 atom stereocenters. The highest BCUT2D eigenvalue weighted by molar-refractivity contribution is 5.76. The lowest BCUT2D eigenvalue weighted by Crippen LogP contribution is -2.49. The van der Waals surface area contributed by atoms with Gasteiger partial charge in [0.1, 0.15) is 5.75 Å². The van der Waals surface area contributed by atoms with E-state index in [1.165, 1.54) is 5.56 Å². The Morgan fingerprint density at radius 3 is 2.80 bits per heavy atom. The largest absolute Gasteiger partial charge is 0.508 e. The fourth-order valence-electron chi connectivity index (χ4n) is 4.27. The van der Waals surface area contributed by atoms with Crippen molar-refractivity contribution in [2.24, 2.45) is 11.8 Å². The maximum absolute atomic E-state index is 12.6. The highest BCUT2D eigenvalue weighted by Crippen LogP contribution is 2.40. The number of carbonyl (C=O) groups is 1. The number of hydrogen-bond donors (Lipinski definition) is 1. The number of aromatic hydroxyl groups is 1. The number of rotatable bonds is 4. The fourth-order valence-corrected chi connectivity index (χ4v) is 4.27. The van der Waals surface area contributed by atoms with Crippen LogP contribution in [-0.4, -0.2) is 42.2 Å². The molecule has 3 rings (SSSR count). The second-order valence-electron chi connectivity index (χ2n) is 8.05. The van der Waals surface area contributed by atoms with Crippen molar-refractivity contribution in [1.29, 1.82) is 0 Å². The second kappa shape index (κ2) is 7.77. The van der Waals surface area contributed by atoms with Gasteiger partial charge in [0.05, 0.1) is 0 Å². The maximum Gasteiger partial charge on any atom is 0.222 e. The molecule has 138 valence electrons. The third kappa shape index (κ3) is 4.17. The molecule has 2 fully saturated rings. The first-order valence-electron chi connectivity index (χ1n) is 9.64. The molecule has 1 aromatic rings. The van der Waals surface area contributed by atoms with E-state index in [9.17, 15) is 9.90 Å². The van der Waals surface area contributed by atoms with Crippen LogP contribution >= 0.6 is 0 Å². The molecular weight excluding hydrogens is 314 g/mol. The minimum absolute atomic E-state index is 0.0101. The lowest BCUT2D eigenvalue weighted by atomic mass is 9.68. The van der Waals surface area contributed by atoms with Crippen molar-refractivity contribution in [3.8, 4) is 5.75 Å². The van der Waals surface area contributed by atoms with Crippen LogP contribution in [-0.2, 0) is 14.9 Å². The molecule has 1 amide bonds. The zero-order chi connectivity index (χ0) is 17.9. The minimum atomic E-state index is 0.0101. The van der Waals surface area contributed by atoms with E-state index < -0.39 is 0 Å². The van der Waals surface area contributed by atoms with Gasteiger partial charge in [-0.3, -0.25) is 4.79 Å². The van der Waals surface area contributed by atoms with E-state index in [0.29, 0.717) is 29.9 Å². The van der Waals surface area contributed by atoms with Gasteiger partial charge in [-0.15, -0.1) is 0 Å².